The van der Waals surface area contributed by atoms with Crippen LogP contribution in [0.3, 0.4) is 0 Å². The van der Waals surface area contributed by atoms with Crippen molar-refractivity contribution in [2.45, 2.75) is 38.8 Å². The Hall–Kier alpha value is -2.18. The minimum Gasteiger partial charge on any atom is -0.480 e. The number of fused-ring (bicyclic) bond motifs is 1. The Kier molecular flexibility index (Phi) is 4.73. The number of aliphatic carboxylic acids is 1. The highest BCUT2D eigenvalue weighted by molar-refractivity contribution is 5.96. The van der Waals surface area contributed by atoms with Gasteiger partial charge in [0.05, 0.1) is 11.6 Å². The van der Waals surface area contributed by atoms with Gasteiger partial charge in [0.1, 0.15) is 7.45 Å². The predicted molar refractivity (Wildman–Crippen MR) is 89.3 cm³/mol. The minimum atomic E-state index is -1.08. The largest absolute Gasteiger partial charge is 0.480 e. The van der Waals surface area contributed by atoms with E-state index in [2.05, 4.69) is 5.73 Å². The minimum absolute atomic E-state index is 0.138. The fourth-order valence-electron chi connectivity index (χ4n) is 2.66. The summed E-state index contributed by atoms with van der Waals surface area (Å²) < 4.78 is 8.93. The molecule has 23 heavy (non-hydrogen) atoms. The summed E-state index contributed by atoms with van der Waals surface area (Å²) in [7, 11) is 0. The van der Waals surface area contributed by atoms with Crippen molar-refractivity contribution in [2.75, 3.05) is 0 Å². The van der Waals surface area contributed by atoms with Gasteiger partial charge >= 0.3 is 5.97 Å². The number of nitrogens with zero attached hydrogens (tertiary/aromatic N) is 1. The normalized spacial score (nSPS) is 14.7. The Bertz CT molecular complexity index is 742. The summed E-state index contributed by atoms with van der Waals surface area (Å²) in [4.78, 5) is 23.8. The van der Waals surface area contributed by atoms with E-state index in [1.807, 2.05) is 32.0 Å². The highest BCUT2D eigenvalue weighted by Crippen LogP contribution is 2.23. The van der Waals surface area contributed by atoms with Gasteiger partial charge in [-0.25, -0.2) is 0 Å². The summed E-state index contributed by atoms with van der Waals surface area (Å²) in [6.45, 7) is 3.98. The Morgan fingerprint density at radius 2 is 2.00 bits per heavy atom. The zero-order chi connectivity index (χ0) is 17.9. The molecule has 1 aromatic carbocycles. The van der Waals surface area contributed by atoms with Crippen molar-refractivity contribution in [2.24, 2.45) is 17.4 Å². The van der Waals surface area contributed by atoms with Crippen molar-refractivity contribution in [1.82, 2.24) is 4.57 Å². The molecular formula is C17H23N3O3. The van der Waals surface area contributed by atoms with Gasteiger partial charge < -0.3 is 16.6 Å². The number of carbonyl (C=O) groups is 2. The molecule has 0 aliphatic heterocycles. The molecule has 0 saturated heterocycles. The Morgan fingerprint density at radius 3 is 2.61 bits per heavy atom. The van der Waals surface area contributed by atoms with Crippen molar-refractivity contribution in [3.05, 3.63) is 36.0 Å². The van der Waals surface area contributed by atoms with Crippen molar-refractivity contribution in [1.29, 1.82) is 0 Å². The van der Waals surface area contributed by atoms with E-state index < -0.39 is 18.1 Å². The average Bonchev–Trinajstić information content (AvgIpc) is 2.90. The van der Waals surface area contributed by atoms with Crippen LogP contribution in [0.25, 0.3) is 10.9 Å². The van der Waals surface area contributed by atoms with Crippen molar-refractivity contribution in [3.8, 4) is 0 Å². The lowest BCUT2D eigenvalue weighted by Gasteiger charge is -2.14. The number of hydrogen-bond donors (Lipinski definition) is 3. The number of rotatable bonds is 7. The first-order valence-corrected chi connectivity index (χ1v) is 7.64. The average molecular weight is 318 g/mol. The van der Waals surface area contributed by atoms with E-state index in [0.717, 1.165) is 5.39 Å². The van der Waals surface area contributed by atoms with Gasteiger partial charge in [0.2, 0.25) is 5.91 Å². The van der Waals surface area contributed by atoms with Crippen LogP contribution in [0, 0.1) is 5.92 Å². The standard InChI is InChI=1S/C17H23N3O3/c1-10(2)7-13(18)16(21)20-9-11(8-14(19)17(22)23)12-5-3-4-6-15(12)20/h3-6,9-10,13-14H,7-8,18-19H2,1-2H3,(H,22,23)/t13-,14-/m0/s1/i/hD. The second kappa shape index (κ2) is 6.93. The lowest BCUT2D eigenvalue weighted by molar-refractivity contribution is -0.138. The Balaban J connectivity index is 2.43. The quantitative estimate of drug-likeness (QED) is 0.718. The van der Waals surface area contributed by atoms with Crippen LogP contribution in [0.5, 0.6) is 0 Å². The molecule has 0 radical (unpaired) electrons. The number of carboxylic acids is 1. The number of carbonyl (C=O) groups excluding carboxylic acids is 1. The number of hydrogen-bond acceptors (Lipinski definition) is 4. The third kappa shape index (κ3) is 3.78. The first-order valence-electron chi connectivity index (χ1n) is 8.14. The summed E-state index contributed by atoms with van der Waals surface area (Å²) >= 11 is 0. The SMILES string of the molecule is [2H]N[C@@H](CC(C)C)C(=O)n1cc(C[C@H](N)C(=O)O)c2ccccc21. The molecule has 0 bridgehead atoms. The molecule has 2 rings (SSSR count). The zero-order valence-electron chi connectivity index (χ0n) is 14.3. The van der Waals surface area contributed by atoms with Crippen LogP contribution < -0.4 is 11.5 Å². The summed E-state index contributed by atoms with van der Waals surface area (Å²) in [6, 6.07) is 5.65. The molecule has 0 unspecified atom stereocenters. The lowest BCUT2D eigenvalue weighted by Crippen LogP contribution is -2.35. The molecule has 2 atom stereocenters. The first kappa shape index (κ1) is 15.7. The van der Waals surface area contributed by atoms with E-state index >= 15 is 0 Å². The highest BCUT2D eigenvalue weighted by Gasteiger charge is 2.22. The van der Waals surface area contributed by atoms with E-state index in [1.54, 1.807) is 12.3 Å². The van der Waals surface area contributed by atoms with Gasteiger partial charge in [-0.05, 0) is 24.0 Å². The molecule has 1 aromatic heterocycles. The van der Waals surface area contributed by atoms with Crippen LogP contribution in [0.1, 0.15) is 30.6 Å². The molecule has 124 valence electrons. The van der Waals surface area contributed by atoms with E-state index in [4.69, 9.17) is 12.3 Å². The van der Waals surface area contributed by atoms with Crippen LogP contribution >= 0.6 is 0 Å². The molecule has 0 amide bonds. The number of aromatic nitrogens is 1. The molecule has 1 heterocycles. The summed E-state index contributed by atoms with van der Waals surface area (Å²) in [6.07, 6.45) is 2.32. The fraction of sp³-hybridized carbons (Fsp3) is 0.412. The smallest absolute Gasteiger partial charge is 0.320 e. The second-order valence-corrected chi connectivity index (χ2v) is 6.21. The maximum Gasteiger partial charge on any atom is 0.320 e. The van der Waals surface area contributed by atoms with Gasteiger partial charge in [-0.3, -0.25) is 14.2 Å². The van der Waals surface area contributed by atoms with Gasteiger partial charge in [-0.1, -0.05) is 32.0 Å². The van der Waals surface area contributed by atoms with Gasteiger partial charge in [0.25, 0.3) is 0 Å². The number of nitrogens with two attached hydrogens (primary N) is 2. The van der Waals surface area contributed by atoms with Crippen LogP contribution in [-0.4, -0.2) is 33.6 Å². The number of carboxylic acid groups (broad SMARTS) is 1. The topological polar surface area (TPSA) is 111 Å². The fourth-order valence-corrected chi connectivity index (χ4v) is 2.66. The third-order valence-corrected chi connectivity index (χ3v) is 3.79. The molecular weight excluding hydrogens is 294 g/mol. The molecule has 0 fully saturated rings. The van der Waals surface area contributed by atoms with Crippen LogP contribution in [0.2, 0.25) is 1.41 Å². The summed E-state index contributed by atoms with van der Waals surface area (Å²) in [5, 5.41) is 9.82. The van der Waals surface area contributed by atoms with Crippen molar-refractivity contribution < 1.29 is 16.1 Å². The maximum atomic E-state index is 12.8. The Morgan fingerprint density at radius 1 is 1.30 bits per heavy atom. The summed E-state index contributed by atoms with van der Waals surface area (Å²) in [5.41, 5.74) is 9.37. The van der Waals surface area contributed by atoms with Gasteiger partial charge in [-0.15, -0.1) is 0 Å². The van der Waals surface area contributed by atoms with Crippen LogP contribution in [0.4, 0.5) is 0 Å². The van der Waals surface area contributed by atoms with Gasteiger partial charge in [-0.2, -0.15) is 0 Å². The summed E-state index contributed by atoms with van der Waals surface area (Å²) in [5.74, 6) is -1.05. The van der Waals surface area contributed by atoms with E-state index in [-0.39, 0.29) is 18.2 Å². The Labute approximate surface area is 136 Å². The number of para-hydroxylation sites is 1. The highest BCUT2D eigenvalue weighted by atomic mass is 16.4. The molecule has 6 heteroatoms. The van der Waals surface area contributed by atoms with Gasteiger partial charge in [0, 0.05) is 18.0 Å². The molecule has 0 spiro atoms. The monoisotopic (exact) mass is 318 g/mol. The van der Waals surface area contributed by atoms with Crippen LogP contribution in [0.15, 0.2) is 30.5 Å². The van der Waals surface area contributed by atoms with Crippen molar-refractivity contribution in [3.63, 3.8) is 0 Å². The van der Waals surface area contributed by atoms with Crippen LogP contribution in [-0.2, 0) is 11.2 Å². The molecule has 0 aliphatic rings. The maximum absolute atomic E-state index is 12.8. The van der Waals surface area contributed by atoms with E-state index in [0.29, 0.717) is 17.5 Å². The predicted octanol–water partition coefficient (Wildman–Crippen LogP) is 1.61. The zero-order valence-corrected chi connectivity index (χ0v) is 13.3. The first-order chi connectivity index (χ1) is 11.3. The molecule has 0 aliphatic carbocycles. The molecule has 0 saturated carbocycles. The van der Waals surface area contributed by atoms with E-state index in [9.17, 15) is 9.59 Å². The van der Waals surface area contributed by atoms with Crippen molar-refractivity contribution >= 4 is 22.8 Å². The third-order valence-electron chi connectivity index (χ3n) is 3.79. The molecule has 6 nitrogen and oxygen atoms in total. The number of benzene rings is 1. The lowest BCUT2D eigenvalue weighted by atomic mass is 10.0. The molecule has 2 aromatic rings. The molecule has 5 N–H and O–H groups in total. The van der Waals surface area contributed by atoms with E-state index in [1.165, 1.54) is 4.57 Å². The van der Waals surface area contributed by atoms with Gasteiger partial charge in [0.15, 0.2) is 0 Å². The second-order valence-electron chi connectivity index (χ2n) is 6.21.